The number of hydrogen-bond acceptors (Lipinski definition) is 6. The van der Waals surface area contributed by atoms with Crippen LogP contribution in [-0.4, -0.2) is 33.6 Å². The van der Waals surface area contributed by atoms with Crippen LogP contribution in [0.4, 0.5) is 4.79 Å². The number of rotatable bonds is 6. The minimum atomic E-state index is -1.07. The quantitative estimate of drug-likeness (QED) is 0.752. The van der Waals surface area contributed by atoms with Crippen LogP contribution in [0.2, 0.25) is 0 Å². The predicted octanol–water partition coefficient (Wildman–Crippen LogP) is 1.90. The second-order valence-corrected chi connectivity index (χ2v) is 6.04. The van der Waals surface area contributed by atoms with Crippen LogP contribution in [0.3, 0.4) is 0 Å². The number of carbonyl (C=O) groups is 2. The molecule has 0 aliphatic carbocycles. The molecule has 0 radical (unpaired) electrons. The van der Waals surface area contributed by atoms with Gasteiger partial charge in [-0.25, -0.2) is 19.6 Å². The molecule has 0 aromatic carbocycles. The third kappa shape index (κ3) is 4.50. The molecule has 2 rings (SSSR count). The molecule has 0 aliphatic rings. The third-order valence-corrected chi connectivity index (χ3v) is 4.43. The van der Waals surface area contributed by atoms with Crippen LogP contribution in [0.1, 0.15) is 33.5 Å². The Hall–Kier alpha value is -2.00. The molecule has 0 spiro atoms. The zero-order valence-corrected chi connectivity index (χ0v) is 12.8. The molecule has 1 unspecified atom stereocenters. The van der Waals surface area contributed by atoms with E-state index in [1.54, 1.807) is 24.5 Å². The molecule has 2 aromatic rings. The Morgan fingerprint density at radius 2 is 2.24 bits per heavy atom. The van der Waals surface area contributed by atoms with Crippen molar-refractivity contribution in [3.8, 4) is 0 Å². The van der Waals surface area contributed by atoms with Gasteiger partial charge in [-0.3, -0.25) is 0 Å². The summed E-state index contributed by atoms with van der Waals surface area (Å²) in [4.78, 5) is 30.5. The van der Waals surface area contributed by atoms with Gasteiger partial charge in [0.2, 0.25) is 0 Å². The van der Waals surface area contributed by atoms with Gasteiger partial charge in [0.25, 0.3) is 0 Å². The van der Waals surface area contributed by atoms with Crippen LogP contribution in [0, 0.1) is 0 Å². The number of carbonyl (C=O) groups excluding carboxylic acids is 1. The van der Waals surface area contributed by atoms with Crippen molar-refractivity contribution in [2.75, 3.05) is 6.54 Å². The molecule has 21 heavy (non-hydrogen) atoms. The number of hydrogen-bond donors (Lipinski definition) is 3. The predicted molar refractivity (Wildman–Crippen MR) is 79.8 cm³/mol. The molecule has 7 nitrogen and oxygen atoms in total. The zero-order chi connectivity index (χ0) is 15.2. The molecule has 0 saturated heterocycles. The minimum Gasteiger partial charge on any atom is -0.476 e. The summed E-state index contributed by atoms with van der Waals surface area (Å²) in [5, 5.41) is 19.1. The molecule has 0 bridgehead atoms. The number of amides is 2. The average Bonchev–Trinajstić information content (AvgIpc) is 3.09. The highest BCUT2D eigenvalue weighted by Crippen LogP contribution is 2.17. The normalized spacial score (nSPS) is 11.9. The molecule has 0 saturated carbocycles. The van der Waals surface area contributed by atoms with Gasteiger partial charge in [0.1, 0.15) is 5.01 Å². The SMILES string of the molecule is CC(NC(=O)NCCc1nccs1)c1nc(C(=O)O)cs1. The number of aromatic nitrogens is 2. The molecule has 2 amide bonds. The van der Waals surface area contributed by atoms with Crippen molar-refractivity contribution in [2.45, 2.75) is 19.4 Å². The largest absolute Gasteiger partial charge is 0.476 e. The Morgan fingerprint density at radius 3 is 2.86 bits per heavy atom. The smallest absolute Gasteiger partial charge is 0.355 e. The average molecular weight is 326 g/mol. The molecular formula is C12H14N4O3S2. The van der Waals surface area contributed by atoms with Gasteiger partial charge in [0.05, 0.1) is 11.0 Å². The van der Waals surface area contributed by atoms with E-state index in [-0.39, 0.29) is 17.8 Å². The minimum absolute atomic E-state index is 0.00664. The Labute approximate surface area is 129 Å². The van der Waals surface area contributed by atoms with E-state index in [9.17, 15) is 9.59 Å². The lowest BCUT2D eigenvalue weighted by Crippen LogP contribution is -2.38. The molecular weight excluding hydrogens is 312 g/mol. The maximum atomic E-state index is 11.7. The lowest BCUT2D eigenvalue weighted by atomic mass is 10.3. The van der Waals surface area contributed by atoms with E-state index in [4.69, 9.17) is 5.11 Å². The number of carboxylic acids is 1. The van der Waals surface area contributed by atoms with E-state index in [2.05, 4.69) is 20.6 Å². The summed E-state index contributed by atoms with van der Waals surface area (Å²) >= 11 is 2.75. The lowest BCUT2D eigenvalue weighted by molar-refractivity contribution is 0.0691. The van der Waals surface area contributed by atoms with Gasteiger partial charge in [0.15, 0.2) is 5.69 Å². The molecule has 1 atom stereocenters. The van der Waals surface area contributed by atoms with Crippen LogP contribution < -0.4 is 10.6 Å². The Balaban J connectivity index is 1.77. The highest BCUT2D eigenvalue weighted by molar-refractivity contribution is 7.10. The highest BCUT2D eigenvalue weighted by Gasteiger charge is 2.15. The molecule has 0 fully saturated rings. The molecule has 2 heterocycles. The van der Waals surface area contributed by atoms with Gasteiger partial charge in [0, 0.05) is 29.9 Å². The summed E-state index contributed by atoms with van der Waals surface area (Å²) in [7, 11) is 0. The number of thiazole rings is 2. The van der Waals surface area contributed by atoms with Crippen molar-refractivity contribution in [3.05, 3.63) is 32.7 Å². The Bertz CT molecular complexity index is 612. The third-order valence-electron chi connectivity index (χ3n) is 2.57. The van der Waals surface area contributed by atoms with Crippen molar-refractivity contribution in [3.63, 3.8) is 0 Å². The summed E-state index contributed by atoms with van der Waals surface area (Å²) < 4.78 is 0. The Kier molecular flexibility index (Phi) is 5.23. The topological polar surface area (TPSA) is 104 Å². The van der Waals surface area contributed by atoms with Gasteiger partial charge in [-0.05, 0) is 6.92 Å². The first-order chi connectivity index (χ1) is 10.1. The summed E-state index contributed by atoms with van der Waals surface area (Å²) in [6.45, 7) is 2.25. The summed E-state index contributed by atoms with van der Waals surface area (Å²) in [5.74, 6) is -1.07. The van der Waals surface area contributed by atoms with Gasteiger partial charge in [-0.1, -0.05) is 0 Å². The summed E-state index contributed by atoms with van der Waals surface area (Å²) in [6, 6.07) is -0.658. The van der Waals surface area contributed by atoms with Crippen molar-refractivity contribution in [2.24, 2.45) is 0 Å². The van der Waals surface area contributed by atoms with Crippen LogP contribution in [0.25, 0.3) is 0 Å². The van der Waals surface area contributed by atoms with E-state index < -0.39 is 5.97 Å². The standard InChI is InChI=1S/C12H14N4O3S2/c1-7(10-16-8(6-21-10)11(17)18)15-12(19)14-3-2-9-13-4-5-20-9/h4-7H,2-3H2,1H3,(H,17,18)(H2,14,15,19). The number of nitrogens with zero attached hydrogens (tertiary/aromatic N) is 2. The van der Waals surface area contributed by atoms with E-state index in [0.717, 1.165) is 5.01 Å². The van der Waals surface area contributed by atoms with Crippen molar-refractivity contribution in [1.29, 1.82) is 0 Å². The van der Waals surface area contributed by atoms with E-state index in [1.165, 1.54) is 16.7 Å². The number of aromatic carboxylic acids is 1. The first-order valence-electron chi connectivity index (χ1n) is 6.17. The highest BCUT2D eigenvalue weighted by atomic mass is 32.1. The number of nitrogens with one attached hydrogen (secondary N) is 2. The van der Waals surface area contributed by atoms with E-state index in [1.807, 2.05) is 5.38 Å². The zero-order valence-electron chi connectivity index (χ0n) is 11.2. The second-order valence-electron chi connectivity index (χ2n) is 4.17. The molecule has 2 aromatic heterocycles. The Morgan fingerprint density at radius 1 is 1.43 bits per heavy atom. The molecule has 0 aliphatic heterocycles. The first-order valence-corrected chi connectivity index (χ1v) is 7.93. The lowest BCUT2D eigenvalue weighted by Gasteiger charge is -2.11. The number of urea groups is 1. The van der Waals surface area contributed by atoms with Crippen molar-refractivity contribution in [1.82, 2.24) is 20.6 Å². The van der Waals surface area contributed by atoms with Crippen molar-refractivity contribution < 1.29 is 14.7 Å². The molecule has 112 valence electrons. The molecule has 3 N–H and O–H groups in total. The van der Waals surface area contributed by atoms with E-state index in [0.29, 0.717) is 18.0 Å². The maximum Gasteiger partial charge on any atom is 0.355 e. The first kappa shape index (κ1) is 15.4. The molecule has 9 heteroatoms. The van der Waals surface area contributed by atoms with Crippen molar-refractivity contribution >= 4 is 34.7 Å². The van der Waals surface area contributed by atoms with Gasteiger partial charge in [-0.15, -0.1) is 22.7 Å². The number of carboxylic acid groups (broad SMARTS) is 1. The van der Waals surface area contributed by atoms with Gasteiger partial charge in [-0.2, -0.15) is 0 Å². The van der Waals surface area contributed by atoms with Crippen LogP contribution in [0.15, 0.2) is 17.0 Å². The van der Waals surface area contributed by atoms with Gasteiger partial charge < -0.3 is 15.7 Å². The second kappa shape index (κ2) is 7.14. The van der Waals surface area contributed by atoms with E-state index >= 15 is 0 Å². The van der Waals surface area contributed by atoms with Crippen LogP contribution >= 0.6 is 22.7 Å². The van der Waals surface area contributed by atoms with Gasteiger partial charge >= 0.3 is 12.0 Å². The summed E-state index contributed by atoms with van der Waals surface area (Å²) in [6.07, 6.45) is 2.41. The van der Waals surface area contributed by atoms with Crippen LogP contribution in [-0.2, 0) is 6.42 Å². The van der Waals surface area contributed by atoms with Crippen LogP contribution in [0.5, 0.6) is 0 Å². The fraction of sp³-hybridized carbons (Fsp3) is 0.333. The summed E-state index contributed by atoms with van der Waals surface area (Å²) in [5.41, 5.74) is -0.00664. The fourth-order valence-electron chi connectivity index (χ4n) is 1.55. The fourth-order valence-corrected chi connectivity index (χ4v) is 2.97. The maximum absolute atomic E-state index is 11.7. The monoisotopic (exact) mass is 326 g/mol.